The molecule has 0 saturated carbocycles. The molecule has 0 aliphatic carbocycles. The molecule has 2 amide bonds. The normalized spacial score (nSPS) is 18.7. The largest absolute Gasteiger partial charge is 0.358 e. The van der Waals surface area contributed by atoms with Crippen molar-refractivity contribution in [1.29, 1.82) is 0 Å². The number of aromatic amines is 1. The second-order valence-corrected chi connectivity index (χ2v) is 7.65. The molecule has 3 heterocycles. The molecule has 2 aromatic rings. The summed E-state index contributed by atoms with van der Waals surface area (Å²) in [6, 6.07) is 8.06. The number of nitrogens with zero attached hydrogens (tertiary/aromatic N) is 3. The maximum Gasteiger partial charge on any atom is 0.254 e. The number of para-hydroxylation sites is 1. The van der Waals surface area contributed by atoms with Gasteiger partial charge in [0.15, 0.2) is 0 Å². The van der Waals surface area contributed by atoms with E-state index in [1.807, 2.05) is 55.1 Å². The van der Waals surface area contributed by atoms with Crippen molar-refractivity contribution >= 4 is 28.7 Å². The van der Waals surface area contributed by atoms with Gasteiger partial charge in [-0.25, -0.2) is 4.99 Å². The van der Waals surface area contributed by atoms with Crippen molar-refractivity contribution in [3.05, 3.63) is 35.5 Å². The molecule has 7 nitrogen and oxygen atoms in total. The molecular weight excluding hydrogens is 342 g/mol. The molecule has 1 aromatic heterocycles. The number of hydrogen-bond donors (Lipinski definition) is 2. The van der Waals surface area contributed by atoms with Crippen molar-refractivity contribution in [2.45, 2.75) is 31.7 Å². The zero-order valence-corrected chi connectivity index (χ0v) is 16.0. The summed E-state index contributed by atoms with van der Waals surface area (Å²) in [5.74, 6) is 0.660. The van der Waals surface area contributed by atoms with Crippen LogP contribution in [0.1, 0.15) is 24.1 Å². The van der Waals surface area contributed by atoms with Gasteiger partial charge in [0.2, 0.25) is 11.9 Å². The van der Waals surface area contributed by atoms with Gasteiger partial charge in [-0.3, -0.25) is 14.9 Å². The third-order valence-electron chi connectivity index (χ3n) is 5.69. The van der Waals surface area contributed by atoms with Gasteiger partial charge in [0.25, 0.3) is 5.91 Å². The van der Waals surface area contributed by atoms with Gasteiger partial charge in [-0.1, -0.05) is 18.2 Å². The SMILES string of the molecule is Cc1[nH]c2ccccc2c1CC(=O)N1CCC2(CC1)N=C(N(C)C)NC2=O. The summed E-state index contributed by atoms with van der Waals surface area (Å²) < 4.78 is 0. The van der Waals surface area contributed by atoms with Crippen molar-refractivity contribution in [2.75, 3.05) is 27.2 Å². The molecule has 27 heavy (non-hydrogen) atoms. The van der Waals surface area contributed by atoms with E-state index in [2.05, 4.69) is 15.3 Å². The van der Waals surface area contributed by atoms with Crippen LogP contribution in [0.25, 0.3) is 10.9 Å². The summed E-state index contributed by atoms with van der Waals surface area (Å²) >= 11 is 0. The lowest BCUT2D eigenvalue weighted by Crippen LogP contribution is -2.51. The molecule has 0 radical (unpaired) electrons. The first-order chi connectivity index (χ1) is 12.9. The van der Waals surface area contributed by atoms with E-state index < -0.39 is 5.54 Å². The van der Waals surface area contributed by atoms with Crippen LogP contribution >= 0.6 is 0 Å². The van der Waals surface area contributed by atoms with Crippen LogP contribution in [0.15, 0.2) is 29.3 Å². The Labute approximate surface area is 158 Å². The molecule has 0 bridgehead atoms. The van der Waals surface area contributed by atoms with Gasteiger partial charge in [0, 0.05) is 43.8 Å². The number of fused-ring (bicyclic) bond motifs is 1. The second kappa shape index (κ2) is 6.40. The van der Waals surface area contributed by atoms with E-state index in [0.717, 1.165) is 22.2 Å². The molecule has 4 rings (SSSR count). The minimum atomic E-state index is -0.715. The van der Waals surface area contributed by atoms with Gasteiger partial charge in [0.1, 0.15) is 5.54 Å². The topological polar surface area (TPSA) is 80.8 Å². The number of rotatable bonds is 2. The number of aryl methyl sites for hydroxylation is 1. The highest BCUT2D eigenvalue weighted by Gasteiger charge is 2.46. The first-order valence-corrected chi connectivity index (χ1v) is 9.32. The first kappa shape index (κ1) is 17.6. The lowest BCUT2D eigenvalue weighted by atomic mass is 9.87. The van der Waals surface area contributed by atoms with E-state index >= 15 is 0 Å². The fourth-order valence-electron chi connectivity index (χ4n) is 4.00. The number of amides is 2. The monoisotopic (exact) mass is 367 g/mol. The highest BCUT2D eigenvalue weighted by atomic mass is 16.2. The number of H-pyrrole nitrogens is 1. The third kappa shape index (κ3) is 2.97. The minimum Gasteiger partial charge on any atom is -0.358 e. The summed E-state index contributed by atoms with van der Waals surface area (Å²) in [5, 5.41) is 3.96. The fourth-order valence-corrected chi connectivity index (χ4v) is 4.00. The number of aliphatic imine (C=N–C) groups is 1. The van der Waals surface area contributed by atoms with Crippen LogP contribution in [0.2, 0.25) is 0 Å². The van der Waals surface area contributed by atoms with E-state index in [-0.39, 0.29) is 11.8 Å². The summed E-state index contributed by atoms with van der Waals surface area (Å²) in [4.78, 5) is 37.0. The van der Waals surface area contributed by atoms with Crippen molar-refractivity contribution in [3.63, 3.8) is 0 Å². The number of benzene rings is 1. The standard InChI is InChI=1S/C20H25N5O2/c1-13-15(14-6-4-5-7-16(14)21-13)12-17(26)25-10-8-20(9-11-25)18(27)22-19(23-20)24(2)3/h4-7,21H,8-12H2,1-3H3,(H,22,23,27). The van der Waals surface area contributed by atoms with Crippen LogP contribution in [0.5, 0.6) is 0 Å². The van der Waals surface area contributed by atoms with Gasteiger partial charge in [-0.15, -0.1) is 0 Å². The molecule has 142 valence electrons. The number of carbonyl (C=O) groups excluding carboxylic acids is 2. The Bertz CT molecular complexity index is 935. The average Bonchev–Trinajstić information content (AvgIpc) is 3.13. The van der Waals surface area contributed by atoms with Crippen LogP contribution in [0.3, 0.4) is 0 Å². The number of likely N-dealkylation sites (tertiary alicyclic amines) is 1. The van der Waals surface area contributed by atoms with Crippen molar-refractivity contribution in [3.8, 4) is 0 Å². The van der Waals surface area contributed by atoms with Crippen LogP contribution in [0, 0.1) is 6.92 Å². The number of guanidine groups is 1. The van der Waals surface area contributed by atoms with Crippen LogP contribution in [-0.2, 0) is 16.0 Å². The number of piperidine rings is 1. The average molecular weight is 367 g/mol. The van der Waals surface area contributed by atoms with Crippen LogP contribution < -0.4 is 5.32 Å². The number of nitrogens with one attached hydrogen (secondary N) is 2. The van der Waals surface area contributed by atoms with Gasteiger partial charge >= 0.3 is 0 Å². The number of carbonyl (C=O) groups is 2. The summed E-state index contributed by atoms with van der Waals surface area (Å²) in [7, 11) is 3.72. The zero-order chi connectivity index (χ0) is 19.2. The molecule has 7 heteroatoms. The predicted octanol–water partition coefficient (Wildman–Crippen LogP) is 1.43. The van der Waals surface area contributed by atoms with E-state index in [9.17, 15) is 9.59 Å². The molecule has 2 N–H and O–H groups in total. The van der Waals surface area contributed by atoms with Crippen molar-refractivity contribution in [1.82, 2.24) is 20.1 Å². The van der Waals surface area contributed by atoms with Crippen molar-refractivity contribution < 1.29 is 9.59 Å². The zero-order valence-electron chi connectivity index (χ0n) is 16.0. The Hall–Kier alpha value is -2.83. The first-order valence-electron chi connectivity index (χ1n) is 9.32. The predicted molar refractivity (Wildman–Crippen MR) is 105 cm³/mol. The Morgan fingerprint density at radius 3 is 2.63 bits per heavy atom. The van der Waals surface area contributed by atoms with E-state index in [1.54, 1.807) is 0 Å². The lowest BCUT2D eigenvalue weighted by Gasteiger charge is -2.35. The Kier molecular flexibility index (Phi) is 4.17. The Balaban J connectivity index is 1.46. The molecule has 1 spiro atoms. The fraction of sp³-hybridized carbons (Fsp3) is 0.450. The van der Waals surface area contributed by atoms with Gasteiger partial charge in [0.05, 0.1) is 6.42 Å². The third-order valence-corrected chi connectivity index (χ3v) is 5.69. The molecule has 0 unspecified atom stereocenters. The molecule has 2 aliphatic rings. The van der Waals surface area contributed by atoms with E-state index in [4.69, 9.17) is 0 Å². The van der Waals surface area contributed by atoms with E-state index in [1.165, 1.54) is 0 Å². The summed E-state index contributed by atoms with van der Waals surface area (Å²) in [5.41, 5.74) is 2.44. The van der Waals surface area contributed by atoms with E-state index in [0.29, 0.717) is 38.3 Å². The van der Waals surface area contributed by atoms with Crippen LogP contribution in [0.4, 0.5) is 0 Å². The van der Waals surface area contributed by atoms with Gasteiger partial charge < -0.3 is 14.8 Å². The van der Waals surface area contributed by atoms with Crippen LogP contribution in [-0.4, -0.2) is 65.3 Å². The molecule has 1 saturated heterocycles. The number of aromatic nitrogens is 1. The molecule has 1 fully saturated rings. The molecule has 0 atom stereocenters. The van der Waals surface area contributed by atoms with Gasteiger partial charge in [-0.2, -0.15) is 0 Å². The lowest BCUT2D eigenvalue weighted by molar-refractivity contribution is -0.135. The number of hydrogen-bond acceptors (Lipinski definition) is 4. The molecule has 1 aromatic carbocycles. The Morgan fingerprint density at radius 1 is 1.26 bits per heavy atom. The quantitative estimate of drug-likeness (QED) is 0.843. The smallest absolute Gasteiger partial charge is 0.254 e. The highest BCUT2D eigenvalue weighted by Crippen LogP contribution is 2.31. The maximum absolute atomic E-state index is 12.9. The highest BCUT2D eigenvalue weighted by molar-refractivity contribution is 6.07. The summed E-state index contributed by atoms with van der Waals surface area (Å²) in [6.07, 6.45) is 1.50. The Morgan fingerprint density at radius 2 is 1.96 bits per heavy atom. The maximum atomic E-state index is 12.9. The molecular formula is C20H25N5O2. The summed E-state index contributed by atoms with van der Waals surface area (Å²) in [6.45, 7) is 3.11. The minimum absolute atomic E-state index is 0.0502. The van der Waals surface area contributed by atoms with Gasteiger partial charge in [-0.05, 0) is 31.4 Å². The molecule has 2 aliphatic heterocycles. The second-order valence-electron chi connectivity index (χ2n) is 7.65. The van der Waals surface area contributed by atoms with Crippen molar-refractivity contribution in [2.24, 2.45) is 4.99 Å².